The van der Waals surface area contributed by atoms with Crippen LogP contribution in [0.4, 0.5) is 0 Å². The van der Waals surface area contributed by atoms with Gasteiger partial charge in [0.15, 0.2) is 12.6 Å². The summed E-state index contributed by atoms with van der Waals surface area (Å²) >= 11 is 0. The van der Waals surface area contributed by atoms with Crippen molar-refractivity contribution < 1.29 is 59.8 Å². The zero-order valence-electron chi connectivity index (χ0n) is 22.9. The summed E-state index contributed by atoms with van der Waals surface area (Å²) in [5.74, 6) is 0. The molecule has 2 heterocycles. The van der Waals surface area contributed by atoms with Crippen molar-refractivity contribution >= 4 is 0 Å². The molecule has 0 radical (unpaired) electrons. The maximum Gasteiger partial charge on any atom is 0.187 e. The fraction of sp³-hybridized carbons (Fsp3) is 0.778. The first-order valence-corrected chi connectivity index (χ1v) is 13.2. The molecular weight excluding hydrogens is 516 g/mol. The Morgan fingerprint density at radius 3 is 2.05 bits per heavy atom. The van der Waals surface area contributed by atoms with E-state index in [-0.39, 0.29) is 0 Å². The van der Waals surface area contributed by atoms with Crippen molar-refractivity contribution in [1.82, 2.24) is 0 Å². The van der Waals surface area contributed by atoms with E-state index in [0.717, 1.165) is 24.0 Å². The molecule has 226 valence electrons. The van der Waals surface area contributed by atoms with Crippen LogP contribution in [0.25, 0.3) is 0 Å². The molecule has 11 atom stereocenters. The van der Waals surface area contributed by atoms with E-state index in [0.29, 0.717) is 12.8 Å². The third kappa shape index (κ3) is 9.12. The molecule has 11 unspecified atom stereocenters. The lowest BCUT2D eigenvalue weighted by atomic mass is 9.94. The highest BCUT2D eigenvalue weighted by molar-refractivity contribution is 5.12. The van der Waals surface area contributed by atoms with Gasteiger partial charge >= 0.3 is 0 Å². The van der Waals surface area contributed by atoms with Crippen molar-refractivity contribution in [2.75, 3.05) is 13.2 Å². The van der Waals surface area contributed by atoms with E-state index >= 15 is 0 Å². The number of rotatable bonds is 14. The summed E-state index contributed by atoms with van der Waals surface area (Å²) < 4.78 is 22.5. The normalized spacial score (nSPS) is 36.9. The molecule has 2 fully saturated rings. The van der Waals surface area contributed by atoms with Crippen LogP contribution >= 0.6 is 0 Å². The number of ether oxygens (including phenoxy) is 4. The summed E-state index contributed by atoms with van der Waals surface area (Å²) in [5.41, 5.74) is 0.659. The smallest absolute Gasteiger partial charge is 0.187 e. The highest BCUT2D eigenvalue weighted by Gasteiger charge is 2.51. The molecule has 0 aromatic carbocycles. The molecule has 0 aromatic heterocycles. The maximum absolute atomic E-state index is 10.8. The molecule has 0 bridgehead atoms. The lowest BCUT2D eigenvalue weighted by Gasteiger charge is -2.46. The van der Waals surface area contributed by atoms with Crippen LogP contribution in [0.3, 0.4) is 0 Å². The van der Waals surface area contributed by atoms with Crippen LogP contribution < -0.4 is 0 Å². The van der Waals surface area contributed by atoms with Crippen LogP contribution in [0, 0.1) is 0 Å². The lowest BCUT2D eigenvalue weighted by Crippen LogP contribution is -2.65. The minimum Gasteiger partial charge on any atom is -0.394 e. The molecule has 39 heavy (non-hydrogen) atoms. The topological polar surface area (TPSA) is 199 Å². The Kier molecular flexibility index (Phi) is 13.1. The van der Waals surface area contributed by atoms with Gasteiger partial charge in [0.25, 0.3) is 0 Å². The van der Waals surface area contributed by atoms with Gasteiger partial charge in [-0.05, 0) is 46.5 Å². The molecule has 0 aliphatic carbocycles. The maximum atomic E-state index is 10.8. The fourth-order valence-corrected chi connectivity index (χ4v) is 4.48. The Morgan fingerprint density at radius 1 is 0.897 bits per heavy atom. The SMILES string of the molecule is C=CC(=C)CCC=C(C)CCC(OC1OC(CO)C(OC2OC(CO)C(O)C(O)C2O)C(O)C1O)C(C)(C)O. The minimum atomic E-state index is -1.76. The molecule has 0 amide bonds. The third-order valence-electron chi connectivity index (χ3n) is 7.09. The second kappa shape index (κ2) is 15.1. The first-order chi connectivity index (χ1) is 18.2. The molecular formula is C27H46O12. The van der Waals surface area contributed by atoms with E-state index in [1.165, 1.54) is 0 Å². The van der Waals surface area contributed by atoms with Crippen LogP contribution in [0.2, 0.25) is 0 Å². The second-order valence-corrected chi connectivity index (χ2v) is 10.8. The van der Waals surface area contributed by atoms with E-state index in [9.17, 15) is 40.9 Å². The van der Waals surface area contributed by atoms with Gasteiger partial charge in [-0.1, -0.05) is 36.5 Å². The van der Waals surface area contributed by atoms with Crippen LogP contribution in [0.1, 0.15) is 46.5 Å². The zero-order valence-corrected chi connectivity index (χ0v) is 22.9. The Labute approximate surface area is 229 Å². The van der Waals surface area contributed by atoms with Crippen molar-refractivity contribution in [3.8, 4) is 0 Å². The van der Waals surface area contributed by atoms with Crippen LogP contribution in [-0.4, -0.2) is 127 Å². The van der Waals surface area contributed by atoms with Crippen molar-refractivity contribution in [3.05, 3.63) is 36.5 Å². The number of hydrogen-bond donors (Lipinski definition) is 8. The lowest BCUT2D eigenvalue weighted by molar-refractivity contribution is -0.366. The van der Waals surface area contributed by atoms with Crippen molar-refractivity contribution in [1.29, 1.82) is 0 Å². The van der Waals surface area contributed by atoms with Gasteiger partial charge in [-0.25, -0.2) is 0 Å². The van der Waals surface area contributed by atoms with Crippen LogP contribution in [0.5, 0.6) is 0 Å². The molecule has 0 spiro atoms. The van der Waals surface area contributed by atoms with Gasteiger partial charge in [0.2, 0.25) is 0 Å². The van der Waals surface area contributed by atoms with Gasteiger partial charge in [0.05, 0.1) is 24.9 Å². The van der Waals surface area contributed by atoms with E-state index in [1.807, 2.05) is 6.92 Å². The van der Waals surface area contributed by atoms with Crippen molar-refractivity contribution in [3.63, 3.8) is 0 Å². The number of aliphatic hydroxyl groups excluding tert-OH is 7. The largest absolute Gasteiger partial charge is 0.394 e. The molecule has 2 saturated heterocycles. The van der Waals surface area contributed by atoms with E-state index in [1.54, 1.807) is 19.9 Å². The second-order valence-electron chi connectivity index (χ2n) is 10.8. The van der Waals surface area contributed by atoms with E-state index < -0.39 is 86.3 Å². The first-order valence-electron chi connectivity index (χ1n) is 13.2. The summed E-state index contributed by atoms with van der Waals surface area (Å²) in [5, 5.41) is 81.9. The van der Waals surface area contributed by atoms with Gasteiger partial charge in [-0.3, -0.25) is 0 Å². The summed E-state index contributed by atoms with van der Waals surface area (Å²) in [6, 6.07) is 0. The Balaban J connectivity index is 2.08. The summed E-state index contributed by atoms with van der Waals surface area (Å²) in [7, 11) is 0. The summed E-state index contributed by atoms with van der Waals surface area (Å²) in [6.45, 7) is 11.3. The number of allylic oxidation sites excluding steroid dienone is 4. The third-order valence-corrected chi connectivity index (χ3v) is 7.09. The summed E-state index contributed by atoms with van der Waals surface area (Å²) in [4.78, 5) is 0. The van der Waals surface area contributed by atoms with Crippen LogP contribution in [-0.2, 0) is 18.9 Å². The molecule has 2 rings (SSSR count). The van der Waals surface area contributed by atoms with E-state index in [4.69, 9.17) is 18.9 Å². The molecule has 12 nitrogen and oxygen atoms in total. The first kappa shape index (κ1) is 33.9. The van der Waals surface area contributed by atoms with E-state index in [2.05, 4.69) is 19.2 Å². The molecule has 2 aliphatic rings. The molecule has 0 saturated carbocycles. The Hall–Kier alpha value is -1.26. The highest BCUT2D eigenvalue weighted by atomic mass is 16.7. The standard InChI is InChI=1S/C27H46O12/c1-6-14(2)8-7-9-15(3)10-11-18(27(4,5)35)38-25-23(34)21(32)24(17(13-29)37-25)39-26-22(33)20(31)19(30)16(12-28)36-26/h6,9,16-26,28-35H,1-2,7-8,10-13H2,3-5H3. The highest BCUT2D eigenvalue weighted by Crippen LogP contribution is 2.32. The van der Waals surface area contributed by atoms with Crippen molar-refractivity contribution in [2.24, 2.45) is 0 Å². The Morgan fingerprint density at radius 2 is 1.49 bits per heavy atom. The van der Waals surface area contributed by atoms with Gasteiger partial charge in [0, 0.05) is 0 Å². The monoisotopic (exact) mass is 562 g/mol. The summed E-state index contributed by atoms with van der Waals surface area (Å²) in [6.07, 6.45) is -10.0. The van der Waals surface area contributed by atoms with Crippen LogP contribution in [0.15, 0.2) is 36.5 Å². The predicted octanol–water partition coefficient (Wildman–Crippen LogP) is -0.984. The zero-order chi connectivity index (χ0) is 29.5. The molecule has 2 aliphatic heterocycles. The molecule has 8 N–H and O–H groups in total. The Bertz CT molecular complexity index is 807. The number of aliphatic hydroxyl groups is 8. The average molecular weight is 563 g/mol. The van der Waals surface area contributed by atoms with Crippen molar-refractivity contribution in [2.45, 2.75) is 120 Å². The molecule has 12 heteroatoms. The van der Waals surface area contributed by atoms with Gasteiger partial charge in [-0.15, -0.1) is 0 Å². The minimum absolute atomic E-state index is 0.367. The van der Waals surface area contributed by atoms with Gasteiger partial charge < -0.3 is 59.8 Å². The average Bonchev–Trinajstić information content (AvgIpc) is 2.89. The quantitative estimate of drug-likeness (QED) is 0.0952. The van der Waals surface area contributed by atoms with Gasteiger partial charge in [0.1, 0.15) is 48.8 Å². The van der Waals surface area contributed by atoms with Gasteiger partial charge in [-0.2, -0.15) is 0 Å². The molecule has 0 aromatic rings. The number of hydrogen-bond acceptors (Lipinski definition) is 12. The predicted molar refractivity (Wildman–Crippen MR) is 139 cm³/mol. The fourth-order valence-electron chi connectivity index (χ4n) is 4.48.